The zero-order valence-corrected chi connectivity index (χ0v) is 31.1. The molecule has 0 radical (unpaired) electrons. The summed E-state index contributed by atoms with van der Waals surface area (Å²) in [5.41, 5.74) is 6.16. The van der Waals surface area contributed by atoms with Crippen LogP contribution in [-0.2, 0) is 21.3 Å². The summed E-state index contributed by atoms with van der Waals surface area (Å²) in [4.78, 5) is 17.8. The molecule has 5 fully saturated rings. The van der Waals surface area contributed by atoms with Gasteiger partial charge >= 0.3 is 0 Å². The highest BCUT2D eigenvalue weighted by molar-refractivity contribution is 7.90. The van der Waals surface area contributed by atoms with Crippen molar-refractivity contribution in [3.63, 3.8) is 0 Å². The number of ether oxygens (including phenoxy) is 1. The highest BCUT2D eigenvalue weighted by atomic mass is 32.2. The summed E-state index contributed by atoms with van der Waals surface area (Å²) in [5.74, 6) is 1.38. The molecule has 1 unspecified atom stereocenters. The highest BCUT2D eigenvalue weighted by Crippen LogP contribution is 2.59. The highest BCUT2D eigenvalue weighted by Gasteiger charge is 2.54. The van der Waals surface area contributed by atoms with E-state index in [2.05, 4.69) is 63.3 Å². The van der Waals surface area contributed by atoms with E-state index in [4.69, 9.17) is 4.74 Å². The van der Waals surface area contributed by atoms with Gasteiger partial charge in [-0.05, 0) is 103 Å². The maximum atomic E-state index is 13.2. The lowest BCUT2D eigenvalue weighted by atomic mass is 9.47. The maximum absolute atomic E-state index is 13.2. The molecule has 3 aromatic carbocycles. The lowest BCUT2D eigenvalue weighted by molar-refractivity contribution is -0.825. The molecule has 3 atom stereocenters. The number of piperazine rings is 1. The van der Waals surface area contributed by atoms with Crippen LogP contribution in [0.3, 0.4) is 0 Å². The van der Waals surface area contributed by atoms with Gasteiger partial charge in [0.15, 0.2) is 5.69 Å². The van der Waals surface area contributed by atoms with Gasteiger partial charge in [-0.15, -0.1) is 0 Å². The van der Waals surface area contributed by atoms with Crippen LogP contribution in [0, 0.1) is 23.2 Å². The molecule has 3 aromatic rings. The number of para-hydroxylation sites is 1. The van der Waals surface area contributed by atoms with E-state index in [9.17, 15) is 18.4 Å². The first-order valence-electron chi connectivity index (χ1n) is 18.5. The van der Waals surface area contributed by atoms with E-state index >= 15 is 0 Å². The summed E-state index contributed by atoms with van der Waals surface area (Å²) < 4.78 is 33.9. The fourth-order valence-electron chi connectivity index (χ4n) is 8.63. The van der Waals surface area contributed by atoms with Crippen molar-refractivity contribution < 1.29 is 34.1 Å². The lowest BCUT2D eigenvalue weighted by Gasteiger charge is -2.60. The molecule has 282 valence electrons. The lowest BCUT2D eigenvalue weighted by Crippen LogP contribution is -2.74. The fraction of sp³-hybridized carbons (Fsp3) is 0.513. The van der Waals surface area contributed by atoms with E-state index in [0.29, 0.717) is 35.3 Å². The molecule has 2 saturated heterocycles. The van der Waals surface area contributed by atoms with E-state index in [1.54, 1.807) is 18.2 Å². The van der Waals surface area contributed by atoms with Gasteiger partial charge in [0.2, 0.25) is 0 Å². The van der Waals surface area contributed by atoms with Crippen LogP contribution < -0.4 is 25.7 Å². The third kappa shape index (κ3) is 8.24. The minimum Gasteiger partial charge on any atom is -0.412 e. The second kappa shape index (κ2) is 16.1. The van der Waals surface area contributed by atoms with Gasteiger partial charge in [0.1, 0.15) is 0 Å². The Morgan fingerprint density at radius 1 is 0.942 bits per heavy atom. The van der Waals surface area contributed by atoms with Crippen molar-refractivity contribution in [1.82, 2.24) is 9.62 Å². The number of benzene rings is 3. The van der Waals surface area contributed by atoms with Gasteiger partial charge in [-0.3, -0.25) is 9.69 Å². The van der Waals surface area contributed by atoms with Crippen LogP contribution >= 0.6 is 0 Å². The monoisotopic (exact) mass is 735 g/mol. The Kier molecular flexibility index (Phi) is 11.8. The molecule has 1 amide bonds. The molecule has 5 aliphatic rings. The first kappa shape index (κ1) is 38.0. The number of nitrogens with two attached hydrogens (primary N) is 1. The third-order valence-electron chi connectivity index (χ3n) is 12.1. The van der Waals surface area contributed by atoms with Gasteiger partial charge < -0.3 is 25.7 Å². The number of rotatable bonds is 12. The van der Waals surface area contributed by atoms with Gasteiger partial charge in [-0.1, -0.05) is 32.0 Å². The third-order valence-corrected chi connectivity index (χ3v) is 13.4. The van der Waals surface area contributed by atoms with Crippen LogP contribution in [0.25, 0.3) is 0 Å². The molecule has 52 heavy (non-hydrogen) atoms. The van der Waals surface area contributed by atoms with E-state index in [0.717, 1.165) is 81.8 Å². The molecular formula is C39H55N6O6S+. The number of sulfonamides is 1. The molecular weight excluding hydrogens is 681 g/mol. The topological polar surface area (TPSA) is 171 Å². The molecule has 3 aliphatic carbocycles. The Labute approximate surface area is 307 Å². The number of hydrogen-bond donors (Lipinski definition) is 5. The molecule has 8 rings (SSSR count). The van der Waals surface area contributed by atoms with E-state index in [1.165, 1.54) is 42.6 Å². The minimum atomic E-state index is -4.17. The Hall–Kier alpha value is -3.72. The van der Waals surface area contributed by atoms with Crippen LogP contribution in [0.2, 0.25) is 0 Å². The SMILES string of the molecule is CC1(C)[C@H]2CCC(Nc3ccccc3CN3CCN(c4ccc(C(=O)NS(=O)(=O)c5ccc(NCC6CCOCC6)c([NH2+]O)c5)cc4)CC3)[C@@H]1C2.O. The van der Waals surface area contributed by atoms with Gasteiger partial charge in [0.05, 0.1) is 10.6 Å². The smallest absolute Gasteiger partial charge is 0.264 e. The van der Waals surface area contributed by atoms with Crippen molar-refractivity contribution in [2.45, 2.75) is 63.4 Å². The zero-order valence-electron chi connectivity index (χ0n) is 30.3. The van der Waals surface area contributed by atoms with Gasteiger partial charge in [0.25, 0.3) is 15.9 Å². The predicted molar refractivity (Wildman–Crippen MR) is 203 cm³/mol. The summed E-state index contributed by atoms with van der Waals surface area (Å²) in [5, 5.41) is 17.1. The van der Waals surface area contributed by atoms with Crippen molar-refractivity contribution in [2.24, 2.45) is 23.2 Å². The van der Waals surface area contributed by atoms with Crippen LogP contribution in [0.15, 0.2) is 71.6 Å². The second-order valence-electron chi connectivity index (χ2n) is 15.4. The predicted octanol–water partition coefficient (Wildman–Crippen LogP) is 3.96. The van der Waals surface area contributed by atoms with Gasteiger partial charge in [0, 0.05) is 81.5 Å². The molecule has 2 aliphatic heterocycles. The normalized spacial score (nSPS) is 23.2. The molecule has 0 aromatic heterocycles. The van der Waals surface area contributed by atoms with E-state index in [1.807, 2.05) is 12.1 Å². The summed E-state index contributed by atoms with van der Waals surface area (Å²) >= 11 is 0. The number of amides is 1. The van der Waals surface area contributed by atoms with Crippen molar-refractivity contribution in [1.29, 1.82) is 0 Å². The van der Waals surface area contributed by atoms with Crippen LogP contribution in [0.5, 0.6) is 0 Å². The largest absolute Gasteiger partial charge is 0.412 e. The second-order valence-corrected chi connectivity index (χ2v) is 17.1. The average Bonchev–Trinajstić information content (AvgIpc) is 3.15. The maximum Gasteiger partial charge on any atom is 0.264 e. The summed E-state index contributed by atoms with van der Waals surface area (Å²) in [7, 11) is -4.17. The Balaban J connectivity index is 0.00000464. The molecule has 0 spiro atoms. The summed E-state index contributed by atoms with van der Waals surface area (Å²) in [6.07, 6.45) is 5.85. The molecule has 13 heteroatoms. The Morgan fingerprint density at radius 2 is 1.67 bits per heavy atom. The Bertz CT molecular complexity index is 1790. The van der Waals surface area contributed by atoms with Crippen molar-refractivity contribution in [2.75, 3.05) is 61.5 Å². The molecule has 2 heterocycles. The van der Waals surface area contributed by atoms with Crippen molar-refractivity contribution >= 4 is 38.7 Å². The fourth-order valence-corrected chi connectivity index (χ4v) is 9.64. The standard InChI is InChI=1S/C39H52N6O5S.H2O/c1-39(2)30-9-13-35(33(39)23-30)41-34-6-4-3-5-29(34)26-44-17-19-45(20-18-44)31-10-7-28(8-11-31)38(46)43-51(48,49)32-12-14-36(37(24-32)42-47)40-25-27-15-21-50-22-16-27;/h3-8,10-12,14,24,27,30,33,35,40-42,47H,9,13,15-23,25-26H2,1-2H3,(H,43,46);1H2/p+1/t30-,33-,35?;/m0./s1. The molecule has 3 saturated carbocycles. The summed E-state index contributed by atoms with van der Waals surface area (Å²) in [6, 6.07) is 20.8. The number of carbonyl (C=O) groups is 1. The Morgan fingerprint density at radius 3 is 2.37 bits per heavy atom. The van der Waals surface area contributed by atoms with Gasteiger partial charge in [-0.2, -0.15) is 5.48 Å². The number of hydrogen-bond acceptors (Lipinski definition) is 9. The van der Waals surface area contributed by atoms with E-state index < -0.39 is 15.9 Å². The number of fused-ring (bicyclic) bond motifs is 2. The minimum absolute atomic E-state index is 0. The van der Waals surface area contributed by atoms with Crippen molar-refractivity contribution in [3.8, 4) is 0 Å². The van der Waals surface area contributed by atoms with Crippen LogP contribution in [0.4, 0.5) is 22.7 Å². The number of quaternary nitrogens is 1. The zero-order chi connectivity index (χ0) is 35.6. The first-order valence-corrected chi connectivity index (χ1v) is 20.0. The van der Waals surface area contributed by atoms with E-state index in [-0.39, 0.29) is 15.9 Å². The van der Waals surface area contributed by atoms with Crippen LogP contribution in [0.1, 0.15) is 61.9 Å². The quantitative estimate of drug-likeness (QED) is 0.137. The molecule has 12 nitrogen and oxygen atoms in total. The first-order chi connectivity index (χ1) is 24.6. The number of carbonyl (C=O) groups excluding carboxylic acids is 1. The number of nitrogens with zero attached hydrogens (tertiary/aromatic N) is 2. The van der Waals surface area contributed by atoms with Crippen LogP contribution in [-0.4, -0.2) is 81.9 Å². The van der Waals surface area contributed by atoms with Gasteiger partial charge in [-0.25, -0.2) is 18.3 Å². The number of nitrogens with one attached hydrogen (secondary N) is 3. The molecule has 8 N–H and O–H groups in total. The number of anilines is 3. The molecule has 2 bridgehead atoms. The summed E-state index contributed by atoms with van der Waals surface area (Å²) in [6.45, 7) is 11.5. The van der Waals surface area contributed by atoms with Crippen molar-refractivity contribution in [3.05, 3.63) is 77.9 Å². The average molecular weight is 736 g/mol.